The Morgan fingerprint density at radius 1 is 1.80 bits per heavy atom. The van der Waals surface area contributed by atoms with E-state index in [-0.39, 0.29) is 0 Å². The van der Waals surface area contributed by atoms with Crippen LogP contribution in [0.25, 0.3) is 0 Å². The molecule has 0 aromatic carbocycles. The highest BCUT2D eigenvalue weighted by Crippen LogP contribution is 1.88. The third-order valence-electron chi connectivity index (χ3n) is 1.06. The number of hydrogen-bond donors (Lipinski definition) is 2. The van der Waals surface area contributed by atoms with Gasteiger partial charge in [0.25, 0.3) is 0 Å². The highest BCUT2D eigenvalue weighted by Gasteiger charge is 1.83. The quantitative estimate of drug-likeness (QED) is 0.401. The molecule has 56 valence electrons. The van der Waals surface area contributed by atoms with Gasteiger partial charge in [-0.05, 0) is 6.92 Å². The monoisotopic (exact) mass is 140 g/mol. The van der Waals surface area contributed by atoms with Gasteiger partial charge in [-0.25, -0.2) is 4.98 Å². The van der Waals surface area contributed by atoms with E-state index in [1.807, 2.05) is 24.7 Å². The summed E-state index contributed by atoms with van der Waals surface area (Å²) in [5, 5.41) is 5.86. The summed E-state index contributed by atoms with van der Waals surface area (Å²) in [7, 11) is 1.97. The number of rotatable bonds is 0. The van der Waals surface area contributed by atoms with Crippen LogP contribution in [-0.2, 0) is 7.05 Å². The average molecular weight is 140 g/mol. The van der Waals surface area contributed by atoms with Gasteiger partial charge in [-0.1, -0.05) is 0 Å². The second-order valence-corrected chi connectivity index (χ2v) is 1.81. The van der Waals surface area contributed by atoms with E-state index in [4.69, 9.17) is 5.41 Å². The molecule has 0 spiro atoms. The van der Waals surface area contributed by atoms with Crippen molar-refractivity contribution in [2.24, 2.45) is 12.8 Å². The van der Waals surface area contributed by atoms with Crippen LogP contribution in [0.1, 0.15) is 5.69 Å². The molecule has 1 aromatic rings. The van der Waals surface area contributed by atoms with E-state index in [9.17, 15) is 0 Å². The van der Waals surface area contributed by atoms with E-state index in [1.165, 1.54) is 5.69 Å². The molecule has 0 unspecified atom stereocenters. The van der Waals surface area contributed by atoms with E-state index in [2.05, 4.69) is 10.7 Å². The van der Waals surface area contributed by atoms with Gasteiger partial charge in [0.2, 0.25) is 0 Å². The van der Waals surface area contributed by atoms with Crippen LogP contribution >= 0.6 is 0 Å². The van der Waals surface area contributed by atoms with Crippen molar-refractivity contribution in [1.29, 1.82) is 5.41 Å². The number of aryl methyl sites for hydroxylation is 2. The Morgan fingerprint density at radius 2 is 2.30 bits per heavy atom. The molecule has 0 radical (unpaired) electrons. The highest BCUT2D eigenvalue weighted by molar-refractivity contribution is 5.46. The molecule has 0 fully saturated rings. The molecule has 1 aromatic heterocycles. The second-order valence-electron chi connectivity index (χ2n) is 1.81. The number of imidazole rings is 1. The standard InChI is InChI=1S/C5H8N2.CH4N2/c1-5-3-6-4-7(5)2;2-1-3/h3-4H,1-2H3;1H,(H3,2,3). The van der Waals surface area contributed by atoms with Gasteiger partial charge in [0.15, 0.2) is 0 Å². The van der Waals surface area contributed by atoms with Crippen molar-refractivity contribution >= 4 is 6.34 Å². The predicted octanol–water partition coefficient (Wildman–Crippen LogP) is 0.281. The molecule has 4 heteroatoms. The molecule has 4 nitrogen and oxygen atoms in total. The van der Waals surface area contributed by atoms with Crippen LogP contribution < -0.4 is 5.73 Å². The van der Waals surface area contributed by atoms with Crippen molar-refractivity contribution in [3.05, 3.63) is 18.2 Å². The first kappa shape index (κ1) is 8.68. The van der Waals surface area contributed by atoms with Crippen molar-refractivity contribution in [3.63, 3.8) is 0 Å². The van der Waals surface area contributed by atoms with Crippen LogP contribution in [0, 0.1) is 12.3 Å². The molecule has 10 heavy (non-hydrogen) atoms. The second kappa shape index (κ2) is 4.55. The van der Waals surface area contributed by atoms with Gasteiger partial charge < -0.3 is 10.3 Å². The molecule has 0 saturated heterocycles. The largest absolute Gasteiger partial charge is 0.390 e. The summed E-state index contributed by atoms with van der Waals surface area (Å²) in [5.41, 5.74) is 5.58. The Morgan fingerprint density at radius 3 is 2.40 bits per heavy atom. The molecule has 0 bridgehead atoms. The maximum atomic E-state index is 5.86. The lowest BCUT2D eigenvalue weighted by molar-refractivity contribution is 0.873. The van der Waals surface area contributed by atoms with Gasteiger partial charge >= 0.3 is 0 Å². The van der Waals surface area contributed by atoms with Gasteiger partial charge in [0.1, 0.15) is 0 Å². The maximum absolute atomic E-state index is 5.86. The zero-order chi connectivity index (χ0) is 7.98. The lowest BCUT2D eigenvalue weighted by Crippen LogP contribution is -1.84. The zero-order valence-electron chi connectivity index (χ0n) is 6.20. The summed E-state index contributed by atoms with van der Waals surface area (Å²) < 4.78 is 1.97. The Bertz CT molecular complexity index is 175. The number of nitrogens with one attached hydrogen (secondary N) is 1. The molecular weight excluding hydrogens is 128 g/mol. The summed E-state index contributed by atoms with van der Waals surface area (Å²) in [4.78, 5) is 3.88. The van der Waals surface area contributed by atoms with Crippen LogP contribution in [0.15, 0.2) is 12.5 Å². The SMILES string of the molecule is Cc1cncn1C.N=CN. The highest BCUT2D eigenvalue weighted by atomic mass is 15.0. The van der Waals surface area contributed by atoms with Crippen LogP contribution in [0.5, 0.6) is 0 Å². The molecule has 0 aliphatic rings. The zero-order valence-corrected chi connectivity index (χ0v) is 6.20. The number of nitrogens with zero attached hydrogens (tertiary/aromatic N) is 2. The van der Waals surface area contributed by atoms with Gasteiger partial charge in [0, 0.05) is 18.9 Å². The van der Waals surface area contributed by atoms with E-state index in [0.29, 0.717) is 0 Å². The maximum Gasteiger partial charge on any atom is 0.0945 e. The van der Waals surface area contributed by atoms with Crippen LogP contribution in [0.2, 0.25) is 0 Å². The molecule has 0 aliphatic carbocycles. The molecule has 0 atom stereocenters. The van der Waals surface area contributed by atoms with Crippen molar-refractivity contribution < 1.29 is 0 Å². The van der Waals surface area contributed by atoms with Crippen LogP contribution in [-0.4, -0.2) is 15.9 Å². The molecule has 1 rings (SSSR count). The lowest BCUT2D eigenvalue weighted by Gasteiger charge is -1.87. The van der Waals surface area contributed by atoms with Gasteiger partial charge in [-0.15, -0.1) is 0 Å². The van der Waals surface area contributed by atoms with Gasteiger partial charge in [0.05, 0.1) is 12.7 Å². The topological polar surface area (TPSA) is 67.7 Å². The number of aromatic nitrogens is 2. The first-order valence-electron chi connectivity index (χ1n) is 2.86. The number of nitrogens with two attached hydrogens (primary N) is 1. The summed E-state index contributed by atoms with van der Waals surface area (Å²) in [6.07, 6.45) is 4.37. The van der Waals surface area contributed by atoms with Crippen molar-refractivity contribution in [2.75, 3.05) is 0 Å². The first-order chi connectivity index (χ1) is 4.72. The van der Waals surface area contributed by atoms with Crippen molar-refractivity contribution in [1.82, 2.24) is 9.55 Å². The molecule has 0 aliphatic heterocycles. The minimum absolute atomic E-state index is 0.750. The fourth-order valence-corrected chi connectivity index (χ4v) is 0.423. The molecule has 0 saturated carbocycles. The third kappa shape index (κ3) is 2.86. The van der Waals surface area contributed by atoms with E-state index < -0.39 is 0 Å². The van der Waals surface area contributed by atoms with E-state index in [1.54, 1.807) is 6.33 Å². The van der Waals surface area contributed by atoms with Gasteiger partial charge in [-0.3, -0.25) is 5.41 Å². The molecule has 1 heterocycles. The molecular formula is C6H12N4. The van der Waals surface area contributed by atoms with Crippen molar-refractivity contribution in [3.8, 4) is 0 Å². The van der Waals surface area contributed by atoms with Gasteiger partial charge in [-0.2, -0.15) is 0 Å². The summed E-state index contributed by atoms with van der Waals surface area (Å²) in [6, 6.07) is 0. The Balaban J connectivity index is 0.000000236. The summed E-state index contributed by atoms with van der Waals surface area (Å²) in [6.45, 7) is 2.02. The predicted molar refractivity (Wildman–Crippen MR) is 40.9 cm³/mol. The fourth-order valence-electron chi connectivity index (χ4n) is 0.423. The minimum atomic E-state index is 0.750. The first-order valence-corrected chi connectivity index (χ1v) is 2.86. The Labute approximate surface area is 60.2 Å². The summed E-state index contributed by atoms with van der Waals surface area (Å²) >= 11 is 0. The molecule has 3 N–H and O–H groups in total. The van der Waals surface area contributed by atoms with Crippen LogP contribution in [0.3, 0.4) is 0 Å². The third-order valence-corrected chi connectivity index (χ3v) is 1.06. The average Bonchev–Trinajstić information content (AvgIpc) is 2.19. The van der Waals surface area contributed by atoms with Crippen LogP contribution in [0.4, 0.5) is 0 Å². The normalized spacial score (nSPS) is 7.80. The van der Waals surface area contributed by atoms with Crippen molar-refractivity contribution in [2.45, 2.75) is 6.92 Å². The van der Waals surface area contributed by atoms with E-state index in [0.717, 1.165) is 6.34 Å². The Hall–Kier alpha value is -1.32. The van der Waals surface area contributed by atoms with E-state index >= 15 is 0 Å². The Kier molecular flexibility index (Phi) is 3.95. The number of hydrogen-bond acceptors (Lipinski definition) is 2. The fraction of sp³-hybridized carbons (Fsp3) is 0.333. The smallest absolute Gasteiger partial charge is 0.0945 e. The summed E-state index contributed by atoms with van der Waals surface area (Å²) in [5.74, 6) is 0. The lowest BCUT2D eigenvalue weighted by atomic mass is 10.5. The molecule has 0 amide bonds. The minimum Gasteiger partial charge on any atom is -0.390 e.